The molecule has 5 aliphatic rings. The first-order valence-corrected chi connectivity index (χ1v) is 28.4. The van der Waals surface area contributed by atoms with Crippen LogP contribution in [0.25, 0.3) is 99.5 Å². The van der Waals surface area contributed by atoms with E-state index in [1.54, 1.807) is 0 Å². The zero-order chi connectivity index (χ0) is 53.6. The molecule has 0 saturated heterocycles. The van der Waals surface area contributed by atoms with E-state index < -0.39 is 0 Å². The van der Waals surface area contributed by atoms with Crippen molar-refractivity contribution in [2.24, 2.45) is 5.92 Å². The highest BCUT2D eigenvalue weighted by molar-refractivity contribution is 6.19. The van der Waals surface area contributed by atoms with Crippen LogP contribution in [-0.4, -0.2) is 0 Å². The maximum Gasteiger partial charge on any atom is 0.143 e. The molecule has 384 valence electrons. The Bertz CT molecular complexity index is 4770. The fourth-order valence-corrected chi connectivity index (χ4v) is 15.4. The van der Waals surface area contributed by atoms with Gasteiger partial charge >= 0.3 is 0 Å². The Hall–Kier alpha value is -9.12. The third-order valence-electron chi connectivity index (χ3n) is 19.5. The highest BCUT2D eigenvalue weighted by Gasteiger charge is 2.50. The van der Waals surface area contributed by atoms with Crippen LogP contribution in [0.4, 0.5) is 17.1 Å². The molecule has 0 fully saturated rings. The SMILES string of the molecule is CC1(C)C2=C(CC3C(=C2)c2cc(-c4ccccc4)c(N(c4ccccc4)c4ccc5c(c4)C(C)(C)c4cc(-c6ccc7c(c6)-c6ccccc6OC7)c6oc7ccccc7c6c4-5)cc2C3(C)C)c2c1ccc1oc3ccccc3c21. The summed E-state index contributed by atoms with van der Waals surface area (Å²) in [6, 6.07) is 73.9. The molecule has 0 saturated carbocycles. The molecule has 0 bridgehead atoms. The molecule has 10 aromatic carbocycles. The van der Waals surface area contributed by atoms with Gasteiger partial charge in [-0.1, -0.05) is 175 Å². The van der Waals surface area contributed by atoms with Crippen molar-refractivity contribution < 1.29 is 13.6 Å². The standard InChI is InChI=1S/C76H57NO3/c1-74(2)58-33-34-68-71(50-24-14-17-27-66(50)79-68)70(58)57-40-60-56(39-61(57)74)55-37-53(43-19-9-7-10-20-43)64(41-62(55)75(60,3)4)77(46-21-11-8-12-22-46)47-31-32-49-59(36-47)76(5,6)63-38-54(73-72(69(49)63)51-25-15-18-28-67(51)80-73)44-29-30-45-42-78-65-26-16-13-23-48(65)52(45)35-44/h7-39,41,60H,40,42H2,1-6H3. The van der Waals surface area contributed by atoms with Gasteiger partial charge in [-0.05, 0) is 174 Å². The van der Waals surface area contributed by atoms with Crippen LogP contribution in [0.15, 0.2) is 221 Å². The third kappa shape index (κ3) is 6.11. The minimum absolute atomic E-state index is 0.169. The zero-order valence-electron chi connectivity index (χ0n) is 45.8. The van der Waals surface area contributed by atoms with E-state index >= 15 is 0 Å². The molecule has 0 N–H and O–H groups in total. The minimum atomic E-state index is -0.364. The number of hydrogen-bond acceptors (Lipinski definition) is 4. The van der Waals surface area contributed by atoms with Crippen LogP contribution in [0.1, 0.15) is 86.9 Å². The second-order valence-corrected chi connectivity index (χ2v) is 24.7. The van der Waals surface area contributed by atoms with Crippen molar-refractivity contribution in [1.82, 2.24) is 0 Å². The number of allylic oxidation sites excluding steroid dienone is 4. The van der Waals surface area contributed by atoms with Gasteiger partial charge < -0.3 is 18.5 Å². The molecule has 17 rings (SSSR count). The summed E-state index contributed by atoms with van der Waals surface area (Å²) in [7, 11) is 0. The molecule has 3 heterocycles. The van der Waals surface area contributed by atoms with E-state index in [0.717, 1.165) is 68.0 Å². The lowest BCUT2D eigenvalue weighted by molar-refractivity contribution is 0.302. The van der Waals surface area contributed by atoms with Crippen molar-refractivity contribution in [1.29, 1.82) is 0 Å². The number of nitrogens with zero attached hydrogens (tertiary/aromatic N) is 1. The predicted octanol–water partition coefficient (Wildman–Crippen LogP) is 20.6. The lowest BCUT2D eigenvalue weighted by Gasteiger charge is -2.34. The van der Waals surface area contributed by atoms with Crippen LogP contribution in [0.5, 0.6) is 5.75 Å². The maximum atomic E-state index is 7.01. The van der Waals surface area contributed by atoms with E-state index in [2.05, 4.69) is 253 Å². The van der Waals surface area contributed by atoms with Gasteiger partial charge in [-0.3, -0.25) is 0 Å². The highest BCUT2D eigenvalue weighted by Crippen LogP contribution is 2.64. The normalized spacial score (nSPS) is 17.3. The Labute approximate surface area is 465 Å². The molecule has 2 aromatic heterocycles. The first-order chi connectivity index (χ1) is 38.9. The molecule has 80 heavy (non-hydrogen) atoms. The smallest absolute Gasteiger partial charge is 0.143 e. The number of benzene rings is 10. The Morgan fingerprint density at radius 1 is 0.450 bits per heavy atom. The predicted molar refractivity (Wildman–Crippen MR) is 329 cm³/mol. The molecule has 4 aliphatic carbocycles. The van der Waals surface area contributed by atoms with Crippen molar-refractivity contribution in [3.05, 3.63) is 251 Å². The number of anilines is 3. The fraction of sp³-hybridized carbons (Fsp3) is 0.158. The summed E-state index contributed by atoms with van der Waals surface area (Å²) in [5.74, 6) is 1.20. The van der Waals surface area contributed by atoms with E-state index in [9.17, 15) is 0 Å². The van der Waals surface area contributed by atoms with Crippen molar-refractivity contribution in [2.45, 2.75) is 70.8 Å². The lowest BCUT2D eigenvalue weighted by Crippen LogP contribution is -2.26. The summed E-state index contributed by atoms with van der Waals surface area (Å²) in [6.45, 7) is 15.2. The van der Waals surface area contributed by atoms with Gasteiger partial charge in [-0.2, -0.15) is 0 Å². The number of rotatable bonds is 5. The Morgan fingerprint density at radius 2 is 1.18 bits per heavy atom. The van der Waals surface area contributed by atoms with Crippen molar-refractivity contribution >= 4 is 72.1 Å². The van der Waals surface area contributed by atoms with Gasteiger partial charge in [-0.15, -0.1) is 0 Å². The summed E-state index contributed by atoms with van der Waals surface area (Å²) in [5, 5.41) is 4.77. The number of hydrogen-bond donors (Lipinski definition) is 0. The Kier molecular flexibility index (Phi) is 9.18. The lowest BCUT2D eigenvalue weighted by atomic mass is 9.70. The van der Waals surface area contributed by atoms with Gasteiger partial charge in [0, 0.05) is 60.4 Å². The van der Waals surface area contributed by atoms with Gasteiger partial charge in [0.05, 0.1) is 5.69 Å². The third-order valence-corrected chi connectivity index (χ3v) is 19.5. The number of furan rings is 2. The molecule has 0 radical (unpaired) electrons. The van der Waals surface area contributed by atoms with E-state index in [1.807, 2.05) is 0 Å². The van der Waals surface area contributed by atoms with E-state index in [0.29, 0.717) is 6.61 Å². The van der Waals surface area contributed by atoms with E-state index in [-0.39, 0.29) is 22.2 Å². The average molecular weight is 1030 g/mol. The van der Waals surface area contributed by atoms with Crippen LogP contribution in [0.3, 0.4) is 0 Å². The molecule has 4 heteroatoms. The second-order valence-electron chi connectivity index (χ2n) is 24.7. The molecule has 1 aliphatic heterocycles. The maximum absolute atomic E-state index is 7.01. The van der Waals surface area contributed by atoms with E-state index in [1.165, 1.54) is 105 Å². The summed E-state index contributed by atoms with van der Waals surface area (Å²) >= 11 is 0. The average Bonchev–Trinajstić information content (AvgIpc) is 3.38. The van der Waals surface area contributed by atoms with Gasteiger partial charge in [0.25, 0.3) is 0 Å². The Morgan fingerprint density at radius 3 is 1.99 bits per heavy atom. The van der Waals surface area contributed by atoms with Crippen LogP contribution in [0, 0.1) is 5.92 Å². The molecular formula is C76H57NO3. The monoisotopic (exact) mass is 1030 g/mol. The Balaban J connectivity index is 0.847. The molecule has 12 aromatic rings. The number of fused-ring (bicyclic) bond motifs is 19. The van der Waals surface area contributed by atoms with Gasteiger partial charge in [0.1, 0.15) is 34.7 Å². The van der Waals surface area contributed by atoms with Crippen LogP contribution < -0.4 is 9.64 Å². The van der Waals surface area contributed by atoms with Crippen LogP contribution in [0.2, 0.25) is 0 Å². The van der Waals surface area contributed by atoms with E-state index in [4.69, 9.17) is 13.6 Å². The largest absolute Gasteiger partial charge is 0.488 e. The van der Waals surface area contributed by atoms with Crippen LogP contribution >= 0.6 is 0 Å². The molecule has 0 amide bonds. The molecule has 0 spiro atoms. The second kappa shape index (κ2) is 16.0. The first kappa shape index (κ1) is 45.9. The number of para-hydroxylation sites is 4. The number of ether oxygens (including phenoxy) is 1. The zero-order valence-corrected chi connectivity index (χ0v) is 45.8. The first-order valence-electron chi connectivity index (χ1n) is 28.4. The van der Waals surface area contributed by atoms with Crippen molar-refractivity contribution in [2.75, 3.05) is 4.90 Å². The van der Waals surface area contributed by atoms with Gasteiger partial charge in [-0.25, -0.2) is 0 Å². The molecule has 1 unspecified atom stereocenters. The van der Waals surface area contributed by atoms with Crippen LogP contribution in [-0.2, 0) is 22.9 Å². The summed E-state index contributed by atoms with van der Waals surface area (Å²) in [5.41, 5.74) is 29.6. The molecule has 4 nitrogen and oxygen atoms in total. The minimum Gasteiger partial charge on any atom is -0.488 e. The summed E-state index contributed by atoms with van der Waals surface area (Å²) < 4.78 is 19.8. The fourth-order valence-electron chi connectivity index (χ4n) is 15.4. The van der Waals surface area contributed by atoms with Crippen molar-refractivity contribution in [3.63, 3.8) is 0 Å². The molecular weight excluding hydrogens is 975 g/mol. The topological polar surface area (TPSA) is 38.8 Å². The van der Waals surface area contributed by atoms with Gasteiger partial charge in [0.15, 0.2) is 0 Å². The molecule has 1 atom stereocenters. The van der Waals surface area contributed by atoms with Crippen molar-refractivity contribution in [3.8, 4) is 50.3 Å². The summed E-state index contributed by atoms with van der Waals surface area (Å²) in [6.07, 6.45) is 3.58. The highest BCUT2D eigenvalue weighted by atomic mass is 16.5. The van der Waals surface area contributed by atoms with Gasteiger partial charge in [0.2, 0.25) is 0 Å². The summed E-state index contributed by atoms with van der Waals surface area (Å²) in [4.78, 5) is 2.54. The quantitative estimate of drug-likeness (QED) is 0.172.